The molecule has 0 aromatic heterocycles. The third-order valence-electron chi connectivity index (χ3n) is 7.03. The predicted octanol–water partition coefficient (Wildman–Crippen LogP) is 3.55. The van der Waals surface area contributed by atoms with Crippen molar-refractivity contribution < 1.29 is 9.53 Å². The van der Waals surface area contributed by atoms with Crippen LogP contribution in [0.3, 0.4) is 0 Å². The Morgan fingerprint density at radius 3 is 2.83 bits per heavy atom. The van der Waals surface area contributed by atoms with Crippen LogP contribution in [0.15, 0.2) is 24.3 Å². The normalized spacial score (nSPS) is 37.1. The third-order valence-corrected chi connectivity index (χ3v) is 7.03. The summed E-state index contributed by atoms with van der Waals surface area (Å²) in [4.78, 5) is 15.0. The fourth-order valence-corrected chi connectivity index (χ4v) is 6.18. The molecule has 0 N–H and O–H groups in total. The number of nitrogens with zero attached hydrogens (tertiary/aromatic N) is 1. The highest BCUT2D eigenvalue weighted by Gasteiger charge is 2.61. The van der Waals surface area contributed by atoms with Crippen LogP contribution in [-0.2, 0) is 21.4 Å². The molecule has 1 aromatic rings. The van der Waals surface area contributed by atoms with Gasteiger partial charge in [-0.05, 0) is 56.7 Å². The van der Waals surface area contributed by atoms with E-state index in [1.54, 1.807) is 5.56 Å². The van der Waals surface area contributed by atoms with Gasteiger partial charge in [0, 0.05) is 17.5 Å². The van der Waals surface area contributed by atoms with Crippen LogP contribution in [0.1, 0.15) is 50.7 Å². The van der Waals surface area contributed by atoms with E-state index in [1.807, 2.05) is 6.92 Å². The quantitative estimate of drug-likeness (QED) is 0.792. The maximum absolute atomic E-state index is 12.5. The molecule has 3 nitrogen and oxygen atoms in total. The molecule has 3 fully saturated rings. The van der Waals surface area contributed by atoms with Crippen molar-refractivity contribution in [2.24, 2.45) is 11.8 Å². The number of carbonyl (C=O) groups is 1. The summed E-state index contributed by atoms with van der Waals surface area (Å²) in [6.07, 6.45) is 5.70. The fourth-order valence-electron chi connectivity index (χ4n) is 6.18. The van der Waals surface area contributed by atoms with Gasteiger partial charge in [-0.1, -0.05) is 37.6 Å². The molecule has 2 aliphatic carbocycles. The molecule has 5 rings (SSSR count). The molecule has 24 heavy (non-hydrogen) atoms. The lowest BCUT2D eigenvalue weighted by molar-refractivity contribution is -0.165. The molecule has 5 unspecified atom stereocenters. The molecule has 1 saturated carbocycles. The van der Waals surface area contributed by atoms with Crippen molar-refractivity contribution in [1.82, 2.24) is 4.90 Å². The molecule has 130 valence electrons. The van der Waals surface area contributed by atoms with E-state index in [0.717, 1.165) is 19.3 Å². The van der Waals surface area contributed by atoms with Gasteiger partial charge in [0.15, 0.2) is 0 Å². The maximum Gasteiger partial charge on any atom is 0.310 e. The molecule has 5 atom stereocenters. The van der Waals surface area contributed by atoms with Gasteiger partial charge in [-0.2, -0.15) is 0 Å². The van der Waals surface area contributed by atoms with Gasteiger partial charge in [-0.25, -0.2) is 0 Å². The molecule has 2 saturated heterocycles. The van der Waals surface area contributed by atoms with Crippen LogP contribution < -0.4 is 0 Å². The lowest BCUT2D eigenvalue weighted by Crippen LogP contribution is -2.69. The molecule has 3 heteroatoms. The van der Waals surface area contributed by atoms with E-state index >= 15 is 0 Å². The number of benzene rings is 1. The Hall–Kier alpha value is -1.35. The minimum atomic E-state index is 0.0248. The first kappa shape index (κ1) is 16.1. The van der Waals surface area contributed by atoms with Crippen molar-refractivity contribution in [2.45, 2.75) is 63.5 Å². The lowest BCUT2D eigenvalue weighted by Gasteiger charge is -2.64. The highest BCUT2D eigenvalue weighted by Crippen LogP contribution is 2.59. The minimum Gasteiger partial charge on any atom is -0.466 e. The van der Waals surface area contributed by atoms with Crippen molar-refractivity contribution in [3.8, 4) is 0 Å². The Bertz CT molecular complexity index is 642. The van der Waals surface area contributed by atoms with Crippen LogP contribution in [-0.4, -0.2) is 36.6 Å². The average Bonchev–Trinajstić information content (AvgIpc) is 2.59. The number of ether oxygens (including phenoxy) is 1. The molecular weight excluding hydrogens is 298 g/mol. The fraction of sp³-hybridized carbons (Fsp3) is 0.667. The van der Waals surface area contributed by atoms with Crippen molar-refractivity contribution in [2.75, 3.05) is 13.7 Å². The molecule has 0 spiro atoms. The van der Waals surface area contributed by atoms with Gasteiger partial charge in [-0.3, -0.25) is 9.69 Å². The number of esters is 1. The summed E-state index contributed by atoms with van der Waals surface area (Å²) < 4.78 is 5.40. The van der Waals surface area contributed by atoms with E-state index in [-0.39, 0.29) is 17.3 Å². The van der Waals surface area contributed by atoms with Crippen molar-refractivity contribution in [3.05, 3.63) is 35.4 Å². The van der Waals surface area contributed by atoms with Crippen LogP contribution in [0.4, 0.5) is 0 Å². The number of hydrogen-bond acceptors (Lipinski definition) is 3. The summed E-state index contributed by atoms with van der Waals surface area (Å²) in [5.41, 5.74) is 3.38. The molecular formula is C21H29NO2. The molecule has 2 aliphatic heterocycles. The molecule has 4 aliphatic rings. The number of carbonyl (C=O) groups excluding carboxylic acids is 1. The van der Waals surface area contributed by atoms with E-state index in [0.29, 0.717) is 24.6 Å². The van der Waals surface area contributed by atoms with Gasteiger partial charge in [0.1, 0.15) is 0 Å². The van der Waals surface area contributed by atoms with E-state index in [1.165, 1.54) is 18.4 Å². The second-order valence-electron chi connectivity index (χ2n) is 7.97. The highest BCUT2D eigenvalue weighted by molar-refractivity contribution is 5.74. The summed E-state index contributed by atoms with van der Waals surface area (Å²) >= 11 is 0. The summed E-state index contributed by atoms with van der Waals surface area (Å²) in [5, 5.41) is 0. The van der Waals surface area contributed by atoms with Crippen molar-refractivity contribution >= 4 is 5.97 Å². The number of rotatable bonds is 4. The van der Waals surface area contributed by atoms with Crippen LogP contribution in [0, 0.1) is 11.8 Å². The van der Waals surface area contributed by atoms with Gasteiger partial charge >= 0.3 is 5.97 Å². The Morgan fingerprint density at radius 1 is 1.29 bits per heavy atom. The summed E-state index contributed by atoms with van der Waals surface area (Å²) in [7, 11) is 2.23. The Labute approximate surface area is 145 Å². The number of piperidine rings is 2. The van der Waals surface area contributed by atoms with Crippen LogP contribution in [0.2, 0.25) is 0 Å². The molecule has 1 aromatic carbocycles. The van der Waals surface area contributed by atoms with E-state index in [9.17, 15) is 4.79 Å². The Balaban J connectivity index is 1.77. The van der Waals surface area contributed by atoms with E-state index in [2.05, 4.69) is 43.1 Å². The number of hydrogen-bond donors (Lipinski definition) is 0. The van der Waals surface area contributed by atoms with Crippen LogP contribution in [0.5, 0.6) is 0 Å². The van der Waals surface area contributed by atoms with E-state index in [4.69, 9.17) is 4.74 Å². The first-order valence-corrected chi connectivity index (χ1v) is 9.59. The number of likely N-dealkylation sites (N-methyl/N-ethyl adjacent to an activating group) is 1. The maximum atomic E-state index is 12.5. The van der Waals surface area contributed by atoms with Gasteiger partial charge in [0.25, 0.3) is 0 Å². The smallest absolute Gasteiger partial charge is 0.310 e. The SMILES string of the molecule is CCCC12CC3C(C(=O)OCC)CC1C(Cc1ccccc12)N3C. The largest absolute Gasteiger partial charge is 0.466 e. The van der Waals surface area contributed by atoms with Gasteiger partial charge in [0.05, 0.1) is 12.5 Å². The third kappa shape index (κ3) is 2.10. The van der Waals surface area contributed by atoms with Crippen LogP contribution in [0.25, 0.3) is 0 Å². The zero-order valence-electron chi connectivity index (χ0n) is 15.1. The molecule has 0 radical (unpaired) electrons. The molecule has 2 heterocycles. The molecule has 4 bridgehead atoms. The first-order chi connectivity index (χ1) is 11.6. The predicted molar refractivity (Wildman–Crippen MR) is 94.9 cm³/mol. The standard InChI is InChI=1S/C21H29NO2/c1-4-10-21-13-19-15(20(23)24-5-2)12-17(21)18(22(19)3)11-14-8-6-7-9-16(14)21/h6-9,15,17-19H,4-5,10-13H2,1-3H3. The zero-order valence-corrected chi connectivity index (χ0v) is 15.1. The second kappa shape index (κ2) is 5.87. The first-order valence-electron chi connectivity index (χ1n) is 9.59. The summed E-state index contributed by atoms with van der Waals surface area (Å²) in [6, 6.07) is 9.97. The lowest BCUT2D eigenvalue weighted by atomic mass is 9.48. The second-order valence-corrected chi connectivity index (χ2v) is 7.97. The van der Waals surface area contributed by atoms with E-state index < -0.39 is 0 Å². The zero-order chi connectivity index (χ0) is 16.9. The molecule has 0 amide bonds. The Kier molecular flexibility index (Phi) is 3.95. The number of fused-ring (bicyclic) bond motifs is 2. The topological polar surface area (TPSA) is 29.5 Å². The van der Waals surface area contributed by atoms with Crippen molar-refractivity contribution in [3.63, 3.8) is 0 Å². The van der Waals surface area contributed by atoms with Gasteiger partial charge in [-0.15, -0.1) is 0 Å². The van der Waals surface area contributed by atoms with Gasteiger partial charge < -0.3 is 4.74 Å². The van der Waals surface area contributed by atoms with Gasteiger partial charge in [0.2, 0.25) is 0 Å². The monoisotopic (exact) mass is 327 g/mol. The minimum absolute atomic E-state index is 0.0248. The van der Waals surface area contributed by atoms with Crippen molar-refractivity contribution in [1.29, 1.82) is 0 Å². The average molecular weight is 327 g/mol. The summed E-state index contributed by atoms with van der Waals surface area (Å²) in [6.45, 7) is 4.70. The van der Waals surface area contributed by atoms with Crippen LogP contribution >= 0.6 is 0 Å². The summed E-state index contributed by atoms with van der Waals surface area (Å²) in [5.74, 6) is 0.667. The Morgan fingerprint density at radius 2 is 2.08 bits per heavy atom. The highest BCUT2D eigenvalue weighted by atomic mass is 16.5.